The normalized spacial score (nSPS) is 9.93. The second kappa shape index (κ2) is 4.70. The topological polar surface area (TPSA) is 50.7 Å². The molecule has 0 atom stereocenters. The molecular weight excluding hydrogens is 212 g/mol. The van der Waals surface area contributed by atoms with E-state index in [1.54, 1.807) is 30.7 Å². The summed E-state index contributed by atoms with van der Waals surface area (Å²) < 4.78 is 0. The lowest BCUT2D eigenvalue weighted by atomic mass is 10.3. The van der Waals surface area contributed by atoms with Crippen molar-refractivity contribution in [3.8, 4) is 0 Å². The highest BCUT2D eigenvalue weighted by Crippen LogP contribution is 2.06. The first kappa shape index (κ1) is 9.86. The van der Waals surface area contributed by atoms with Crippen molar-refractivity contribution in [2.75, 3.05) is 5.32 Å². The molecule has 2 heterocycles. The van der Waals surface area contributed by atoms with E-state index < -0.39 is 0 Å². The van der Waals surface area contributed by atoms with Gasteiger partial charge in [-0.05, 0) is 17.7 Å². The van der Waals surface area contributed by atoms with Gasteiger partial charge in [0.1, 0.15) is 5.15 Å². The molecule has 0 aliphatic heterocycles. The number of anilines is 1. The number of pyridine rings is 1. The number of hydrogen-bond donors (Lipinski definition) is 1. The Kier molecular flexibility index (Phi) is 3.09. The molecule has 1 N–H and O–H groups in total. The van der Waals surface area contributed by atoms with Crippen molar-refractivity contribution in [2.24, 2.45) is 0 Å². The van der Waals surface area contributed by atoms with Crippen LogP contribution in [-0.4, -0.2) is 15.0 Å². The summed E-state index contributed by atoms with van der Waals surface area (Å²) in [5, 5.41) is 3.57. The lowest BCUT2D eigenvalue weighted by Gasteiger charge is -2.03. The molecule has 0 aromatic carbocycles. The predicted octanol–water partition coefficient (Wildman–Crippen LogP) is 2.14. The van der Waals surface area contributed by atoms with Gasteiger partial charge < -0.3 is 5.32 Å². The van der Waals surface area contributed by atoms with Crippen LogP contribution in [0, 0.1) is 0 Å². The highest BCUT2D eigenvalue weighted by Gasteiger charge is 1.95. The van der Waals surface area contributed by atoms with E-state index in [-0.39, 0.29) is 0 Å². The van der Waals surface area contributed by atoms with Crippen LogP contribution in [0.5, 0.6) is 0 Å². The van der Waals surface area contributed by atoms with Gasteiger partial charge in [0.05, 0.1) is 0 Å². The third kappa shape index (κ3) is 2.89. The summed E-state index contributed by atoms with van der Waals surface area (Å²) in [6.07, 6.45) is 5.10. The summed E-state index contributed by atoms with van der Waals surface area (Å²) >= 11 is 5.67. The van der Waals surface area contributed by atoms with Crippen molar-refractivity contribution >= 4 is 17.5 Å². The maximum Gasteiger partial charge on any atom is 0.222 e. The first-order valence-electron chi connectivity index (χ1n) is 4.46. The summed E-state index contributed by atoms with van der Waals surface area (Å²) in [7, 11) is 0. The van der Waals surface area contributed by atoms with Gasteiger partial charge in [0.25, 0.3) is 0 Å². The molecule has 15 heavy (non-hydrogen) atoms. The first-order valence-corrected chi connectivity index (χ1v) is 4.84. The van der Waals surface area contributed by atoms with Gasteiger partial charge in [-0.15, -0.1) is 0 Å². The molecule has 2 aromatic rings. The third-order valence-corrected chi connectivity index (χ3v) is 2.03. The summed E-state index contributed by atoms with van der Waals surface area (Å²) in [4.78, 5) is 12.1. The minimum Gasteiger partial charge on any atom is -0.350 e. The van der Waals surface area contributed by atoms with Crippen molar-refractivity contribution in [3.63, 3.8) is 0 Å². The second-order valence-corrected chi connectivity index (χ2v) is 3.30. The van der Waals surface area contributed by atoms with Crippen molar-refractivity contribution in [3.05, 3.63) is 47.5 Å². The summed E-state index contributed by atoms with van der Waals surface area (Å²) in [6, 6.07) is 5.44. The molecule has 0 saturated heterocycles. The van der Waals surface area contributed by atoms with Crippen LogP contribution in [0.25, 0.3) is 0 Å². The fraction of sp³-hybridized carbons (Fsp3) is 0.100. The Morgan fingerprint density at radius 2 is 1.93 bits per heavy atom. The smallest absolute Gasteiger partial charge is 0.222 e. The van der Waals surface area contributed by atoms with Crippen LogP contribution >= 0.6 is 11.6 Å². The minimum absolute atomic E-state index is 0.495. The average molecular weight is 221 g/mol. The van der Waals surface area contributed by atoms with E-state index in [0.717, 1.165) is 5.56 Å². The largest absolute Gasteiger partial charge is 0.350 e. The molecule has 0 bridgehead atoms. The zero-order chi connectivity index (χ0) is 10.5. The van der Waals surface area contributed by atoms with E-state index in [0.29, 0.717) is 17.6 Å². The quantitative estimate of drug-likeness (QED) is 0.806. The highest BCUT2D eigenvalue weighted by molar-refractivity contribution is 6.29. The van der Waals surface area contributed by atoms with Gasteiger partial charge in [-0.3, -0.25) is 0 Å². The van der Waals surface area contributed by atoms with E-state index in [1.165, 1.54) is 0 Å². The summed E-state index contributed by atoms with van der Waals surface area (Å²) in [5.74, 6) is 0.604. The summed E-state index contributed by atoms with van der Waals surface area (Å²) in [6.45, 7) is 0.633. The van der Waals surface area contributed by atoms with Crippen LogP contribution in [-0.2, 0) is 6.54 Å². The van der Waals surface area contributed by atoms with Gasteiger partial charge >= 0.3 is 0 Å². The first-order chi connectivity index (χ1) is 7.34. The number of nitrogens with one attached hydrogen (secondary N) is 1. The second-order valence-electron chi connectivity index (χ2n) is 2.92. The molecule has 0 fully saturated rings. The fourth-order valence-corrected chi connectivity index (χ4v) is 1.19. The predicted molar refractivity (Wildman–Crippen MR) is 58.6 cm³/mol. The van der Waals surface area contributed by atoms with Gasteiger partial charge in [0, 0.05) is 25.1 Å². The number of aromatic nitrogens is 3. The molecule has 0 spiro atoms. The van der Waals surface area contributed by atoms with Crippen molar-refractivity contribution < 1.29 is 0 Å². The van der Waals surface area contributed by atoms with Gasteiger partial charge in [0.15, 0.2) is 0 Å². The Hall–Kier alpha value is -1.68. The Balaban J connectivity index is 1.96. The lowest BCUT2D eigenvalue weighted by molar-refractivity contribution is 1.04. The molecule has 0 radical (unpaired) electrons. The zero-order valence-corrected chi connectivity index (χ0v) is 8.65. The molecule has 76 valence electrons. The maximum absolute atomic E-state index is 5.67. The molecule has 4 nitrogen and oxygen atoms in total. The highest BCUT2D eigenvalue weighted by atomic mass is 35.5. The van der Waals surface area contributed by atoms with Crippen LogP contribution < -0.4 is 5.32 Å². The van der Waals surface area contributed by atoms with Crippen molar-refractivity contribution in [1.82, 2.24) is 15.0 Å². The van der Waals surface area contributed by atoms with Gasteiger partial charge in [-0.2, -0.15) is 0 Å². The van der Waals surface area contributed by atoms with Crippen LogP contribution in [0.15, 0.2) is 36.8 Å². The summed E-state index contributed by atoms with van der Waals surface area (Å²) in [5.41, 5.74) is 1.03. The van der Waals surface area contributed by atoms with Crippen molar-refractivity contribution in [2.45, 2.75) is 6.54 Å². The van der Waals surface area contributed by atoms with Gasteiger partial charge in [-0.1, -0.05) is 17.7 Å². The SMILES string of the molecule is Clc1ccc(CNc2ncccn2)cn1. The van der Waals surface area contributed by atoms with Gasteiger partial charge in [-0.25, -0.2) is 15.0 Å². The van der Waals surface area contributed by atoms with E-state index >= 15 is 0 Å². The number of halogens is 1. The maximum atomic E-state index is 5.67. The molecule has 0 unspecified atom stereocenters. The van der Waals surface area contributed by atoms with E-state index in [2.05, 4.69) is 20.3 Å². The molecule has 0 amide bonds. The Morgan fingerprint density at radius 3 is 2.60 bits per heavy atom. The molecule has 0 saturated carbocycles. The number of hydrogen-bond acceptors (Lipinski definition) is 4. The standard InChI is InChI=1S/C10H9ClN4/c11-9-3-2-8(6-14-9)7-15-10-12-4-1-5-13-10/h1-6H,7H2,(H,12,13,15). The van der Waals surface area contributed by atoms with Crippen LogP contribution in [0.4, 0.5) is 5.95 Å². The number of nitrogens with zero attached hydrogens (tertiary/aromatic N) is 3. The Labute approximate surface area is 92.4 Å². The monoisotopic (exact) mass is 220 g/mol. The van der Waals surface area contributed by atoms with Gasteiger partial charge in [0.2, 0.25) is 5.95 Å². The zero-order valence-electron chi connectivity index (χ0n) is 7.89. The van der Waals surface area contributed by atoms with E-state index in [9.17, 15) is 0 Å². The Bertz CT molecular complexity index is 415. The van der Waals surface area contributed by atoms with Crippen molar-refractivity contribution in [1.29, 1.82) is 0 Å². The average Bonchev–Trinajstić information content (AvgIpc) is 2.30. The Morgan fingerprint density at radius 1 is 1.13 bits per heavy atom. The number of rotatable bonds is 3. The van der Waals surface area contributed by atoms with E-state index in [4.69, 9.17) is 11.6 Å². The molecule has 5 heteroatoms. The molecule has 0 aliphatic rings. The molecule has 0 aliphatic carbocycles. The van der Waals surface area contributed by atoms with Crippen LogP contribution in [0.3, 0.4) is 0 Å². The lowest BCUT2D eigenvalue weighted by Crippen LogP contribution is -2.02. The molecule has 2 rings (SSSR count). The molecule has 2 aromatic heterocycles. The molecular formula is C10H9ClN4. The van der Waals surface area contributed by atoms with Crippen LogP contribution in [0.2, 0.25) is 5.15 Å². The van der Waals surface area contributed by atoms with Crippen LogP contribution in [0.1, 0.15) is 5.56 Å². The fourth-order valence-electron chi connectivity index (χ4n) is 1.08. The van der Waals surface area contributed by atoms with E-state index in [1.807, 2.05) is 6.07 Å². The third-order valence-electron chi connectivity index (χ3n) is 1.81. The minimum atomic E-state index is 0.495.